The van der Waals surface area contributed by atoms with Crippen molar-refractivity contribution in [2.75, 3.05) is 11.9 Å². The van der Waals surface area contributed by atoms with E-state index in [-0.39, 0.29) is 0 Å². The van der Waals surface area contributed by atoms with Gasteiger partial charge in [-0.3, -0.25) is 0 Å². The molecule has 0 aliphatic heterocycles. The molecule has 2 heteroatoms. The van der Waals surface area contributed by atoms with Crippen LogP contribution in [0.4, 0.5) is 0 Å². The Hall–Kier alpha value is 0.440. The molecule has 0 bridgehead atoms. The van der Waals surface area contributed by atoms with E-state index in [0.717, 1.165) is 17.7 Å². The molecule has 0 aromatic carbocycles. The maximum absolute atomic E-state index is 8.53. The van der Waals surface area contributed by atoms with Crippen molar-refractivity contribution in [3.63, 3.8) is 0 Å². The number of halogens is 1. The molecule has 0 aromatic heterocycles. The van der Waals surface area contributed by atoms with Gasteiger partial charge in [0.05, 0.1) is 0 Å². The molecule has 0 amide bonds. The summed E-state index contributed by atoms with van der Waals surface area (Å²) in [6, 6.07) is 0. The van der Waals surface area contributed by atoms with Gasteiger partial charge in [-0.05, 0) is 31.6 Å². The molecule has 1 nitrogen and oxygen atoms in total. The molecule has 0 aliphatic carbocycles. The largest absolute Gasteiger partial charge is 0.396 e. The zero-order valence-electron chi connectivity index (χ0n) is 6.65. The van der Waals surface area contributed by atoms with Gasteiger partial charge in [-0.1, -0.05) is 22.9 Å². The summed E-state index contributed by atoms with van der Waals surface area (Å²) in [5.74, 6) is 0.782. The molecule has 0 saturated carbocycles. The molecule has 0 rings (SSSR count). The second kappa shape index (κ2) is 7.55. The van der Waals surface area contributed by atoms with Crippen LogP contribution in [0.25, 0.3) is 0 Å². The number of aliphatic hydroxyl groups excluding tert-OH is 1. The molecule has 1 atom stereocenters. The monoisotopic (exact) mass is 208 g/mol. The lowest BCUT2D eigenvalue weighted by molar-refractivity contribution is 0.271. The van der Waals surface area contributed by atoms with Crippen LogP contribution in [0.3, 0.4) is 0 Å². The quantitative estimate of drug-likeness (QED) is 0.666. The number of alkyl halides is 1. The Labute approximate surface area is 72.0 Å². The first-order valence-electron chi connectivity index (χ1n) is 3.98. The predicted octanol–water partition coefficient (Wildman–Crippen LogP) is 2.57. The van der Waals surface area contributed by atoms with Crippen molar-refractivity contribution in [3.05, 3.63) is 0 Å². The highest BCUT2D eigenvalue weighted by atomic mass is 79.9. The van der Waals surface area contributed by atoms with Gasteiger partial charge in [-0.25, -0.2) is 0 Å². The van der Waals surface area contributed by atoms with Gasteiger partial charge in [0, 0.05) is 11.9 Å². The maximum Gasteiger partial charge on any atom is 0.0431 e. The van der Waals surface area contributed by atoms with Crippen LogP contribution in [0, 0.1) is 5.92 Å². The summed E-state index contributed by atoms with van der Waals surface area (Å²) in [6.45, 7) is 2.59. The molecule has 0 spiro atoms. The van der Waals surface area contributed by atoms with Gasteiger partial charge >= 0.3 is 0 Å². The average molecular weight is 209 g/mol. The number of aliphatic hydroxyl groups is 1. The molecule has 1 unspecified atom stereocenters. The lowest BCUT2D eigenvalue weighted by Gasteiger charge is -2.07. The molecular weight excluding hydrogens is 192 g/mol. The van der Waals surface area contributed by atoms with Gasteiger partial charge in [-0.15, -0.1) is 0 Å². The summed E-state index contributed by atoms with van der Waals surface area (Å²) < 4.78 is 0. The highest BCUT2D eigenvalue weighted by Gasteiger charge is 1.99. The van der Waals surface area contributed by atoms with Crippen LogP contribution in [0.1, 0.15) is 32.6 Å². The predicted molar refractivity (Wildman–Crippen MR) is 48.5 cm³/mol. The third kappa shape index (κ3) is 6.56. The van der Waals surface area contributed by atoms with E-state index in [1.54, 1.807) is 0 Å². The molecule has 0 aromatic rings. The second-order valence-corrected chi connectivity index (χ2v) is 3.60. The summed E-state index contributed by atoms with van der Waals surface area (Å²) in [7, 11) is 0. The number of hydrogen-bond donors (Lipinski definition) is 1. The summed E-state index contributed by atoms with van der Waals surface area (Å²) in [6.07, 6.45) is 4.67. The summed E-state index contributed by atoms with van der Waals surface area (Å²) >= 11 is 3.40. The highest BCUT2D eigenvalue weighted by molar-refractivity contribution is 9.09. The summed E-state index contributed by atoms with van der Waals surface area (Å²) in [4.78, 5) is 0. The molecule has 1 N–H and O–H groups in total. The fraction of sp³-hybridized carbons (Fsp3) is 1.00. The van der Waals surface area contributed by atoms with Crippen LogP contribution in [-0.2, 0) is 0 Å². The SMILES string of the molecule is CC(CCCO)CCCBr. The van der Waals surface area contributed by atoms with Crippen LogP contribution in [-0.4, -0.2) is 17.0 Å². The van der Waals surface area contributed by atoms with E-state index in [1.165, 1.54) is 19.3 Å². The third-order valence-corrected chi connectivity index (χ3v) is 2.25. The molecule has 0 saturated heterocycles. The Morgan fingerprint density at radius 2 is 1.90 bits per heavy atom. The summed E-state index contributed by atoms with van der Waals surface area (Å²) in [5.41, 5.74) is 0. The molecule has 10 heavy (non-hydrogen) atoms. The summed E-state index contributed by atoms with van der Waals surface area (Å²) in [5, 5.41) is 9.64. The smallest absolute Gasteiger partial charge is 0.0431 e. The van der Waals surface area contributed by atoms with E-state index in [9.17, 15) is 0 Å². The second-order valence-electron chi connectivity index (χ2n) is 2.80. The van der Waals surface area contributed by atoms with Gasteiger partial charge in [0.25, 0.3) is 0 Å². The van der Waals surface area contributed by atoms with Crippen molar-refractivity contribution in [2.45, 2.75) is 32.6 Å². The van der Waals surface area contributed by atoms with Crippen molar-refractivity contribution in [3.8, 4) is 0 Å². The van der Waals surface area contributed by atoms with Crippen LogP contribution < -0.4 is 0 Å². The van der Waals surface area contributed by atoms with Gasteiger partial charge < -0.3 is 5.11 Å². The zero-order chi connectivity index (χ0) is 7.82. The van der Waals surface area contributed by atoms with E-state index in [1.807, 2.05) is 0 Å². The topological polar surface area (TPSA) is 20.2 Å². The van der Waals surface area contributed by atoms with E-state index in [0.29, 0.717) is 6.61 Å². The minimum absolute atomic E-state index is 0.346. The molecule has 0 radical (unpaired) electrons. The fourth-order valence-electron chi connectivity index (χ4n) is 1.01. The van der Waals surface area contributed by atoms with E-state index < -0.39 is 0 Å². The Morgan fingerprint density at radius 1 is 1.30 bits per heavy atom. The molecule has 0 fully saturated rings. The van der Waals surface area contributed by atoms with Crippen molar-refractivity contribution < 1.29 is 5.11 Å². The molecule has 0 heterocycles. The maximum atomic E-state index is 8.53. The van der Waals surface area contributed by atoms with Crippen LogP contribution in [0.2, 0.25) is 0 Å². The van der Waals surface area contributed by atoms with Crippen molar-refractivity contribution in [1.29, 1.82) is 0 Å². The lowest BCUT2D eigenvalue weighted by atomic mass is 10.0. The molecule has 62 valence electrons. The highest BCUT2D eigenvalue weighted by Crippen LogP contribution is 2.12. The van der Waals surface area contributed by atoms with Crippen molar-refractivity contribution >= 4 is 15.9 Å². The minimum atomic E-state index is 0.346. The lowest BCUT2D eigenvalue weighted by Crippen LogP contribution is -1.96. The van der Waals surface area contributed by atoms with Crippen LogP contribution in [0.5, 0.6) is 0 Å². The Balaban J connectivity index is 3.00. The minimum Gasteiger partial charge on any atom is -0.396 e. The number of rotatable bonds is 6. The van der Waals surface area contributed by atoms with E-state index in [2.05, 4.69) is 22.9 Å². The molecular formula is C8H17BrO. The first-order chi connectivity index (χ1) is 4.81. The Bertz CT molecular complexity index is 58.3. The third-order valence-electron chi connectivity index (χ3n) is 1.69. The number of hydrogen-bond acceptors (Lipinski definition) is 1. The average Bonchev–Trinajstić information content (AvgIpc) is 1.97. The fourth-order valence-corrected chi connectivity index (χ4v) is 1.33. The molecule has 0 aliphatic rings. The van der Waals surface area contributed by atoms with E-state index >= 15 is 0 Å². The van der Waals surface area contributed by atoms with Crippen LogP contribution in [0.15, 0.2) is 0 Å². The van der Waals surface area contributed by atoms with Gasteiger partial charge in [0.1, 0.15) is 0 Å². The standard InChI is InChI=1S/C8H17BrO/c1-8(4-2-6-9)5-3-7-10/h8,10H,2-7H2,1H3. The zero-order valence-corrected chi connectivity index (χ0v) is 8.23. The van der Waals surface area contributed by atoms with E-state index in [4.69, 9.17) is 5.11 Å². The van der Waals surface area contributed by atoms with Gasteiger partial charge in [-0.2, -0.15) is 0 Å². The van der Waals surface area contributed by atoms with Gasteiger partial charge in [0.2, 0.25) is 0 Å². The Morgan fingerprint density at radius 3 is 2.40 bits per heavy atom. The first kappa shape index (κ1) is 10.4. The van der Waals surface area contributed by atoms with Gasteiger partial charge in [0.15, 0.2) is 0 Å². The first-order valence-corrected chi connectivity index (χ1v) is 5.10. The van der Waals surface area contributed by atoms with Crippen molar-refractivity contribution in [1.82, 2.24) is 0 Å². The van der Waals surface area contributed by atoms with Crippen molar-refractivity contribution in [2.24, 2.45) is 5.92 Å². The Kier molecular flexibility index (Phi) is 7.88. The normalized spacial score (nSPS) is 13.5. The van der Waals surface area contributed by atoms with Crippen LogP contribution >= 0.6 is 15.9 Å².